The van der Waals surface area contributed by atoms with Crippen LogP contribution in [0.3, 0.4) is 0 Å². The minimum Gasteiger partial charge on any atom is -0.399 e. The van der Waals surface area contributed by atoms with Gasteiger partial charge < -0.3 is 14.2 Å². The minimum absolute atomic E-state index is 0.0908. The average molecular weight is 490 g/mol. The zero-order valence-corrected chi connectivity index (χ0v) is 18.0. The molecule has 34 heavy (non-hydrogen) atoms. The summed E-state index contributed by atoms with van der Waals surface area (Å²) in [7, 11) is 0. The number of rotatable bonds is 7. The SMILES string of the molecule is CC=CC(F)=C(F)c1ccc(C2COC(CCc3cc(F)c(OC(F)(F)F)c(F)c3)OC2)cc1. The molecule has 1 heterocycles. The molecule has 1 fully saturated rings. The molecule has 1 aliphatic heterocycles. The Bertz CT molecular complexity index is 1010. The number of hydrogen-bond acceptors (Lipinski definition) is 3. The van der Waals surface area contributed by atoms with Crippen molar-refractivity contribution in [2.45, 2.75) is 38.3 Å². The Balaban J connectivity index is 1.53. The van der Waals surface area contributed by atoms with E-state index in [9.17, 15) is 30.7 Å². The summed E-state index contributed by atoms with van der Waals surface area (Å²) in [6.45, 7) is 2.10. The molecule has 10 heteroatoms. The van der Waals surface area contributed by atoms with E-state index in [0.29, 0.717) is 0 Å². The van der Waals surface area contributed by atoms with Crippen LogP contribution in [-0.2, 0) is 15.9 Å². The van der Waals surface area contributed by atoms with Crippen molar-refractivity contribution >= 4 is 5.83 Å². The Hall–Kier alpha value is -2.85. The summed E-state index contributed by atoms with van der Waals surface area (Å²) >= 11 is 0. The summed E-state index contributed by atoms with van der Waals surface area (Å²) in [5.74, 6) is -6.52. The van der Waals surface area contributed by atoms with Crippen LogP contribution in [0.1, 0.15) is 36.0 Å². The van der Waals surface area contributed by atoms with Gasteiger partial charge in [-0.15, -0.1) is 13.2 Å². The summed E-state index contributed by atoms with van der Waals surface area (Å²) in [6, 6.07) is 7.73. The number of hydrogen-bond donors (Lipinski definition) is 0. The van der Waals surface area contributed by atoms with Crippen molar-refractivity contribution in [2.75, 3.05) is 13.2 Å². The standard InChI is InChI=1S/C24H21F7O3/c1-2-3-18(25)22(28)16-7-5-15(6-8-16)17-12-32-21(33-13-17)9-4-14-10-19(26)23(20(27)11-14)34-24(29,30)31/h2-3,5-8,10-11,17,21H,4,9,12-13H2,1H3. The van der Waals surface area contributed by atoms with Crippen LogP contribution >= 0.6 is 0 Å². The summed E-state index contributed by atoms with van der Waals surface area (Å²) in [5, 5.41) is 0. The lowest BCUT2D eigenvalue weighted by Gasteiger charge is -2.30. The highest BCUT2D eigenvalue weighted by Gasteiger charge is 2.34. The molecule has 1 aliphatic rings. The maximum atomic E-state index is 14.0. The molecule has 0 amide bonds. The van der Waals surface area contributed by atoms with Crippen molar-refractivity contribution in [2.24, 2.45) is 0 Å². The van der Waals surface area contributed by atoms with Crippen molar-refractivity contribution in [1.29, 1.82) is 0 Å². The fraction of sp³-hybridized carbons (Fsp3) is 0.333. The van der Waals surface area contributed by atoms with Crippen LogP contribution in [0.4, 0.5) is 30.7 Å². The third-order valence-corrected chi connectivity index (χ3v) is 5.07. The summed E-state index contributed by atoms with van der Waals surface area (Å²) < 4.78 is 107. The second kappa shape index (κ2) is 11.1. The number of alkyl halides is 3. The molecular weight excluding hydrogens is 469 g/mol. The smallest absolute Gasteiger partial charge is 0.399 e. The van der Waals surface area contributed by atoms with E-state index in [1.165, 1.54) is 18.2 Å². The molecule has 0 aromatic heterocycles. The van der Waals surface area contributed by atoms with E-state index < -0.39 is 41.7 Å². The molecular formula is C24H21F7O3. The van der Waals surface area contributed by atoms with Crippen LogP contribution in [0.5, 0.6) is 5.75 Å². The number of halogens is 7. The van der Waals surface area contributed by atoms with Gasteiger partial charge in [-0.2, -0.15) is 0 Å². The van der Waals surface area contributed by atoms with Gasteiger partial charge in [0.15, 0.2) is 29.6 Å². The van der Waals surface area contributed by atoms with Gasteiger partial charge in [-0.1, -0.05) is 30.3 Å². The topological polar surface area (TPSA) is 27.7 Å². The Labute approximate surface area is 191 Å². The zero-order chi connectivity index (χ0) is 24.9. The van der Waals surface area contributed by atoms with E-state index in [1.54, 1.807) is 19.1 Å². The fourth-order valence-corrected chi connectivity index (χ4v) is 3.42. The predicted molar refractivity (Wildman–Crippen MR) is 110 cm³/mol. The average Bonchev–Trinajstić information content (AvgIpc) is 2.79. The molecule has 1 saturated heterocycles. The molecule has 0 spiro atoms. The number of allylic oxidation sites excluding steroid dienone is 3. The summed E-state index contributed by atoms with van der Waals surface area (Å²) in [4.78, 5) is 0. The maximum Gasteiger partial charge on any atom is 0.573 e. The molecule has 3 nitrogen and oxygen atoms in total. The quantitative estimate of drug-likeness (QED) is 0.305. The molecule has 3 rings (SSSR count). The number of benzene rings is 2. The zero-order valence-electron chi connectivity index (χ0n) is 18.0. The molecule has 0 saturated carbocycles. The van der Waals surface area contributed by atoms with Gasteiger partial charge in [-0.25, -0.2) is 17.6 Å². The summed E-state index contributed by atoms with van der Waals surface area (Å²) in [5.41, 5.74) is 1.02. The molecule has 0 radical (unpaired) electrons. The highest BCUT2D eigenvalue weighted by atomic mass is 19.4. The first-order chi connectivity index (χ1) is 16.1. The van der Waals surface area contributed by atoms with E-state index in [2.05, 4.69) is 4.74 Å². The largest absolute Gasteiger partial charge is 0.573 e. The monoisotopic (exact) mass is 490 g/mol. The van der Waals surface area contributed by atoms with E-state index in [0.717, 1.165) is 23.8 Å². The highest BCUT2D eigenvalue weighted by Crippen LogP contribution is 2.31. The Morgan fingerprint density at radius 2 is 1.62 bits per heavy atom. The second-order valence-electron chi connectivity index (χ2n) is 7.55. The minimum atomic E-state index is -5.21. The van der Waals surface area contributed by atoms with Gasteiger partial charge in [0.25, 0.3) is 0 Å². The van der Waals surface area contributed by atoms with Gasteiger partial charge in [0.2, 0.25) is 5.75 Å². The molecule has 0 unspecified atom stereocenters. The molecule has 0 N–H and O–H groups in total. The van der Waals surface area contributed by atoms with Crippen LogP contribution in [0, 0.1) is 11.6 Å². The molecule has 0 bridgehead atoms. The summed E-state index contributed by atoms with van der Waals surface area (Å²) in [6.07, 6.45) is -3.17. The van der Waals surface area contributed by atoms with Gasteiger partial charge in [-0.05, 0) is 42.7 Å². The number of ether oxygens (including phenoxy) is 3. The van der Waals surface area contributed by atoms with E-state index in [-0.39, 0.29) is 43.1 Å². The normalized spacial score (nSPS) is 19.9. The third kappa shape index (κ3) is 6.83. The van der Waals surface area contributed by atoms with Gasteiger partial charge >= 0.3 is 6.36 Å². The van der Waals surface area contributed by atoms with Gasteiger partial charge in [0.1, 0.15) is 0 Å². The predicted octanol–water partition coefficient (Wildman–Crippen LogP) is 7.14. The first-order valence-electron chi connectivity index (χ1n) is 10.3. The van der Waals surface area contributed by atoms with E-state index in [4.69, 9.17) is 9.47 Å². The van der Waals surface area contributed by atoms with Crippen molar-refractivity contribution in [3.8, 4) is 5.75 Å². The number of aryl methyl sites for hydroxylation is 1. The second-order valence-corrected chi connectivity index (χ2v) is 7.55. The molecule has 0 atom stereocenters. The Morgan fingerprint density at radius 1 is 1.03 bits per heavy atom. The Kier molecular flexibility index (Phi) is 8.37. The highest BCUT2D eigenvalue weighted by molar-refractivity contribution is 5.63. The van der Waals surface area contributed by atoms with Gasteiger partial charge in [0.05, 0.1) is 13.2 Å². The van der Waals surface area contributed by atoms with E-state index >= 15 is 0 Å². The molecule has 2 aromatic carbocycles. The molecule has 0 aliphatic carbocycles. The lowest BCUT2D eigenvalue weighted by molar-refractivity contribution is -0.276. The van der Waals surface area contributed by atoms with Gasteiger partial charge in [-0.3, -0.25) is 0 Å². The van der Waals surface area contributed by atoms with Crippen LogP contribution in [0.2, 0.25) is 0 Å². The molecule has 184 valence electrons. The van der Waals surface area contributed by atoms with Crippen LogP contribution in [0.25, 0.3) is 5.83 Å². The maximum absolute atomic E-state index is 14.0. The van der Waals surface area contributed by atoms with Crippen molar-refractivity contribution < 1.29 is 44.9 Å². The van der Waals surface area contributed by atoms with Gasteiger partial charge in [0, 0.05) is 17.9 Å². The van der Waals surface area contributed by atoms with Crippen LogP contribution in [0.15, 0.2) is 54.4 Å². The lowest BCUT2D eigenvalue weighted by atomic mass is 9.98. The van der Waals surface area contributed by atoms with Crippen molar-refractivity contribution in [3.05, 3.63) is 82.7 Å². The van der Waals surface area contributed by atoms with Crippen molar-refractivity contribution in [1.82, 2.24) is 0 Å². The third-order valence-electron chi connectivity index (χ3n) is 5.07. The fourth-order valence-electron chi connectivity index (χ4n) is 3.42. The lowest BCUT2D eigenvalue weighted by Crippen LogP contribution is -2.31. The van der Waals surface area contributed by atoms with Crippen LogP contribution in [-0.4, -0.2) is 25.9 Å². The first-order valence-corrected chi connectivity index (χ1v) is 10.3. The molecule has 2 aromatic rings. The van der Waals surface area contributed by atoms with Crippen LogP contribution < -0.4 is 4.74 Å². The van der Waals surface area contributed by atoms with Crippen molar-refractivity contribution in [3.63, 3.8) is 0 Å². The first kappa shape index (κ1) is 25.8. The van der Waals surface area contributed by atoms with E-state index in [1.807, 2.05) is 0 Å². The Morgan fingerprint density at radius 3 is 2.15 bits per heavy atom.